The van der Waals surface area contributed by atoms with E-state index in [2.05, 4.69) is 5.10 Å². The fraction of sp³-hybridized carbons (Fsp3) is 0.312. The van der Waals surface area contributed by atoms with Gasteiger partial charge in [-0.3, -0.25) is 4.79 Å². The Labute approximate surface area is 144 Å². The number of carbonyl (C=O) groups excluding carboxylic acids is 2. The van der Waals surface area contributed by atoms with Crippen LogP contribution in [0.4, 0.5) is 0 Å². The van der Waals surface area contributed by atoms with Gasteiger partial charge in [-0.05, 0) is 25.1 Å². The summed E-state index contributed by atoms with van der Waals surface area (Å²) in [4.78, 5) is 24.4. The van der Waals surface area contributed by atoms with Gasteiger partial charge >= 0.3 is 5.97 Å². The Bertz CT molecular complexity index is 757. The minimum Gasteiger partial charge on any atom is -0.493 e. The number of ketones is 1. The van der Waals surface area contributed by atoms with Crippen molar-refractivity contribution < 1.29 is 23.8 Å². The maximum absolute atomic E-state index is 12.5. The van der Waals surface area contributed by atoms with Crippen LogP contribution in [0.1, 0.15) is 27.8 Å². The zero-order valence-corrected chi connectivity index (χ0v) is 14.3. The van der Waals surface area contributed by atoms with E-state index in [0.717, 1.165) is 0 Å². The summed E-state index contributed by atoms with van der Waals surface area (Å²) in [5, 5.41) is 4.10. The Morgan fingerprint density at radius 2 is 1.92 bits per heavy atom. The third kappa shape index (κ3) is 3.68. The van der Waals surface area contributed by atoms with E-state index in [1.165, 1.54) is 25.1 Å². The van der Waals surface area contributed by atoms with E-state index in [0.29, 0.717) is 17.1 Å². The van der Waals surface area contributed by atoms with Crippen LogP contribution in [0.15, 0.2) is 24.4 Å². The second-order valence-electron chi connectivity index (χ2n) is 4.71. The van der Waals surface area contributed by atoms with E-state index in [1.807, 2.05) is 0 Å². The molecule has 0 aliphatic carbocycles. The number of rotatable bonds is 7. The smallest absolute Gasteiger partial charge is 0.358 e. The number of methoxy groups -OCH3 is 2. The first kappa shape index (κ1) is 17.8. The van der Waals surface area contributed by atoms with Crippen molar-refractivity contribution in [1.82, 2.24) is 9.78 Å². The number of esters is 1. The van der Waals surface area contributed by atoms with Gasteiger partial charge in [0, 0.05) is 5.56 Å². The third-order valence-electron chi connectivity index (χ3n) is 3.26. The van der Waals surface area contributed by atoms with Crippen LogP contribution in [0.25, 0.3) is 0 Å². The molecule has 8 heteroatoms. The molecule has 1 aromatic heterocycles. The predicted octanol–water partition coefficient (Wildman–Crippen LogP) is 2.61. The van der Waals surface area contributed by atoms with Crippen LogP contribution in [-0.4, -0.2) is 42.4 Å². The molecule has 128 valence electrons. The molecule has 0 spiro atoms. The quantitative estimate of drug-likeness (QED) is 0.563. The number of Topliss-reactive ketones (excluding diaryl/α,β-unsaturated/α-hetero) is 1. The van der Waals surface area contributed by atoms with Gasteiger partial charge in [0.05, 0.1) is 32.0 Å². The maximum atomic E-state index is 12.5. The van der Waals surface area contributed by atoms with Gasteiger partial charge in [0.25, 0.3) is 0 Å². The average molecular weight is 353 g/mol. The standard InChI is InChI=1S/C16H17ClN2O5/c1-4-24-16(21)15-11(17)8-18-19(15)9-12(20)10-5-6-13(22-2)14(7-10)23-3/h5-8H,4,9H2,1-3H3. The van der Waals surface area contributed by atoms with Gasteiger partial charge in [-0.15, -0.1) is 0 Å². The van der Waals surface area contributed by atoms with E-state index in [1.54, 1.807) is 25.1 Å². The fourth-order valence-electron chi connectivity index (χ4n) is 2.12. The van der Waals surface area contributed by atoms with Crippen LogP contribution in [0.5, 0.6) is 11.5 Å². The summed E-state index contributed by atoms with van der Waals surface area (Å²) in [7, 11) is 2.99. The number of nitrogens with zero attached hydrogens (tertiary/aromatic N) is 2. The Morgan fingerprint density at radius 3 is 2.54 bits per heavy atom. The topological polar surface area (TPSA) is 79.7 Å². The van der Waals surface area contributed by atoms with Crippen molar-refractivity contribution in [2.24, 2.45) is 0 Å². The molecule has 0 bridgehead atoms. The Morgan fingerprint density at radius 1 is 1.21 bits per heavy atom. The number of benzene rings is 1. The monoisotopic (exact) mass is 352 g/mol. The molecule has 0 radical (unpaired) electrons. The van der Waals surface area contributed by atoms with Gasteiger partial charge in [0.1, 0.15) is 6.54 Å². The summed E-state index contributed by atoms with van der Waals surface area (Å²) in [5.41, 5.74) is 0.446. The lowest BCUT2D eigenvalue weighted by Gasteiger charge is -2.10. The molecule has 2 rings (SSSR count). The van der Waals surface area contributed by atoms with Crippen molar-refractivity contribution in [1.29, 1.82) is 0 Å². The molecule has 1 heterocycles. The summed E-state index contributed by atoms with van der Waals surface area (Å²) in [6.45, 7) is 1.72. The molecule has 2 aromatic rings. The van der Waals surface area contributed by atoms with Crippen molar-refractivity contribution in [2.45, 2.75) is 13.5 Å². The molecule has 0 amide bonds. The molecular weight excluding hydrogens is 336 g/mol. The number of ether oxygens (including phenoxy) is 3. The molecule has 0 fully saturated rings. The average Bonchev–Trinajstić information content (AvgIpc) is 2.94. The lowest BCUT2D eigenvalue weighted by atomic mass is 10.1. The number of carbonyl (C=O) groups is 2. The van der Waals surface area contributed by atoms with E-state index >= 15 is 0 Å². The SMILES string of the molecule is CCOC(=O)c1c(Cl)cnn1CC(=O)c1ccc(OC)c(OC)c1. The lowest BCUT2D eigenvalue weighted by Crippen LogP contribution is -2.18. The molecule has 0 saturated heterocycles. The Balaban J connectivity index is 2.26. The Hall–Kier alpha value is -2.54. The number of aromatic nitrogens is 2. The highest BCUT2D eigenvalue weighted by Gasteiger charge is 2.21. The molecular formula is C16H17ClN2O5. The minimum atomic E-state index is -0.625. The van der Waals surface area contributed by atoms with Crippen LogP contribution in [0.3, 0.4) is 0 Å². The van der Waals surface area contributed by atoms with Gasteiger partial charge in [-0.2, -0.15) is 5.10 Å². The van der Waals surface area contributed by atoms with Crippen molar-refractivity contribution >= 4 is 23.4 Å². The van der Waals surface area contributed by atoms with Crippen LogP contribution < -0.4 is 9.47 Å². The van der Waals surface area contributed by atoms with E-state index in [-0.39, 0.29) is 29.7 Å². The van der Waals surface area contributed by atoms with Gasteiger partial charge in [0.15, 0.2) is 23.0 Å². The summed E-state index contributed by atoms with van der Waals surface area (Å²) in [6, 6.07) is 4.81. The number of halogens is 1. The highest BCUT2D eigenvalue weighted by molar-refractivity contribution is 6.33. The number of hydrogen-bond acceptors (Lipinski definition) is 6. The van der Waals surface area contributed by atoms with Crippen molar-refractivity contribution in [3.8, 4) is 11.5 Å². The van der Waals surface area contributed by atoms with Gasteiger partial charge in [-0.1, -0.05) is 11.6 Å². The van der Waals surface area contributed by atoms with Crippen molar-refractivity contribution in [3.63, 3.8) is 0 Å². The van der Waals surface area contributed by atoms with E-state index in [4.69, 9.17) is 25.8 Å². The summed E-state index contributed by atoms with van der Waals surface area (Å²) in [6.07, 6.45) is 1.30. The van der Waals surface area contributed by atoms with Gasteiger partial charge in [-0.25, -0.2) is 9.48 Å². The zero-order chi connectivity index (χ0) is 17.7. The largest absolute Gasteiger partial charge is 0.493 e. The first-order chi connectivity index (χ1) is 11.5. The van der Waals surface area contributed by atoms with Gasteiger partial charge in [0.2, 0.25) is 0 Å². The Kier molecular flexibility index (Phi) is 5.81. The van der Waals surface area contributed by atoms with Crippen LogP contribution in [0, 0.1) is 0 Å². The molecule has 0 unspecified atom stereocenters. The fourth-order valence-corrected chi connectivity index (χ4v) is 2.34. The van der Waals surface area contributed by atoms with Crippen molar-refractivity contribution in [3.05, 3.63) is 40.7 Å². The number of hydrogen-bond donors (Lipinski definition) is 0. The summed E-state index contributed by atoms with van der Waals surface area (Å²) >= 11 is 5.96. The highest BCUT2D eigenvalue weighted by atomic mass is 35.5. The zero-order valence-electron chi connectivity index (χ0n) is 13.5. The first-order valence-corrected chi connectivity index (χ1v) is 7.53. The molecule has 7 nitrogen and oxygen atoms in total. The normalized spacial score (nSPS) is 10.3. The molecule has 1 aromatic carbocycles. The maximum Gasteiger partial charge on any atom is 0.358 e. The summed E-state index contributed by atoms with van der Waals surface area (Å²) < 4.78 is 16.5. The van der Waals surface area contributed by atoms with Crippen LogP contribution >= 0.6 is 11.6 Å². The third-order valence-corrected chi connectivity index (χ3v) is 3.54. The second kappa shape index (κ2) is 7.83. The molecule has 0 saturated carbocycles. The predicted molar refractivity (Wildman–Crippen MR) is 87.1 cm³/mol. The van der Waals surface area contributed by atoms with Gasteiger partial charge < -0.3 is 14.2 Å². The molecule has 24 heavy (non-hydrogen) atoms. The summed E-state index contributed by atoms with van der Waals surface area (Å²) in [5.74, 6) is 0.0669. The molecule has 0 atom stereocenters. The minimum absolute atomic E-state index is 0.0485. The molecule has 0 aliphatic heterocycles. The van der Waals surface area contributed by atoms with Crippen LogP contribution in [0.2, 0.25) is 5.02 Å². The van der Waals surface area contributed by atoms with E-state index < -0.39 is 5.97 Å². The van der Waals surface area contributed by atoms with E-state index in [9.17, 15) is 9.59 Å². The molecule has 0 aliphatic rings. The highest BCUT2D eigenvalue weighted by Crippen LogP contribution is 2.28. The van der Waals surface area contributed by atoms with Crippen molar-refractivity contribution in [2.75, 3.05) is 20.8 Å². The lowest BCUT2D eigenvalue weighted by molar-refractivity contribution is 0.0512. The second-order valence-corrected chi connectivity index (χ2v) is 5.12. The van der Waals surface area contributed by atoms with Crippen LogP contribution in [-0.2, 0) is 11.3 Å². The first-order valence-electron chi connectivity index (χ1n) is 7.15. The molecule has 0 N–H and O–H groups in total.